The highest BCUT2D eigenvalue weighted by Gasteiger charge is 2.20. The minimum atomic E-state index is -0.0820. The SMILES string of the molecule is CCN(CC(C)C)c1cc(N)nc(C(C)(C)C)n1. The molecule has 1 heterocycles. The fourth-order valence-corrected chi connectivity index (χ4v) is 1.78. The van der Waals surface area contributed by atoms with E-state index in [1.54, 1.807) is 0 Å². The third kappa shape index (κ3) is 3.86. The number of aromatic nitrogens is 2. The van der Waals surface area contributed by atoms with Crippen molar-refractivity contribution in [2.24, 2.45) is 5.92 Å². The number of hydrogen-bond donors (Lipinski definition) is 1. The summed E-state index contributed by atoms with van der Waals surface area (Å²) in [6, 6.07) is 1.86. The van der Waals surface area contributed by atoms with Crippen molar-refractivity contribution in [1.82, 2.24) is 9.97 Å². The van der Waals surface area contributed by atoms with Crippen LogP contribution in [0.4, 0.5) is 11.6 Å². The lowest BCUT2D eigenvalue weighted by Crippen LogP contribution is -2.29. The summed E-state index contributed by atoms with van der Waals surface area (Å²) >= 11 is 0. The molecule has 0 aliphatic carbocycles. The van der Waals surface area contributed by atoms with Crippen LogP contribution in [-0.2, 0) is 5.41 Å². The second kappa shape index (κ2) is 5.55. The lowest BCUT2D eigenvalue weighted by atomic mass is 9.96. The van der Waals surface area contributed by atoms with Gasteiger partial charge in [-0.05, 0) is 12.8 Å². The molecule has 4 heteroatoms. The van der Waals surface area contributed by atoms with E-state index in [9.17, 15) is 0 Å². The van der Waals surface area contributed by atoms with E-state index in [1.807, 2.05) is 6.07 Å². The first-order chi connectivity index (χ1) is 8.24. The molecule has 2 N–H and O–H groups in total. The summed E-state index contributed by atoms with van der Waals surface area (Å²) < 4.78 is 0. The van der Waals surface area contributed by atoms with Crippen LogP contribution in [0.25, 0.3) is 0 Å². The Morgan fingerprint density at radius 1 is 1.28 bits per heavy atom. The van der Waals surface area contributed by atoms with Crippen molar-refractivity contribution in [3.8, 4) is 0 Å². The third-order valence-electron chi connectivity index (χ3n) is 2.69. The maximum absolute atomic E-state index is 5.90. The van der Waals surface area contributed by atoms with Crippen LogP contribution in [0.2, 0.25) is 0 Å². The van der Waals surface area contributed by atoms with Crippen molar-refractivity contribution < 1.29 is 0 Å². The maximum Gasteiger partial charge on any atom is 0.138 e. The minimum absolute atomic E-state index is 0.0820. The monoisotopic (exact) mass is 250 g/mol. The van der Waals surface area contributed by atoms with Crippen molar-refractivity contribution in [1.29, 1.82) is 0 Å². The molecule has 0 aliphatic heterocycles. The Morgan fingerprint density at radius 3 is 2.33 bits per heavy atom. The average molecular weight is 250 g/mol. The van der Waals surface area contributed by atoms with E-state index in [-0.39, 0.29) is 5.41 Å². The van der Waals surface area contributed by atoms with Gasteiger partial charge in [-0.3, -0.25) is 0 Å². The van der Waals surface area contributed by atoms with Crippen molar-refractivity contribution in [2.75, 3.05) is 23.7 Å². The molecule has 0 atom stereocenters. The van der Waals surface area contributed by atoms with E-state index in [0.717, 1.165) is 24.7 Å². The van der Waals surface area contributed by atoms with E-state index in [1.165, 1.54) is 0 Å². The van der Waals surface area contributed by atoms with Crippen LogP contribution in [0.5, 0.6) is 0 Å². The van der Waals surface area contributed by atoms with Gasteiger partial charge in [0.1, 0.15) is 17.5 Å². The summed E-state index contributed by atoms with van der Waals surface area (Å²) in [6.07, 6.45) is 0. The molecule has 0 unspecified atom stereocenters. The molecule has 0 spiro atoms. The molecule has 1 rings (SSSR count). The molecule has 1 aromatic heterocycles. The van der Waals surface area contributed by atoms with Crippen LogP contribution < -0.4 is 10.6 Å². The van der Waals surface area contributed by atoms with Gasteiger partial charge in [0.25, 0.3) is 0 Å². The van der Waals surface area contributed by atoms with Gasteiger partial charge in [-0.1, -0.05) is 34.6 Å². The molecular formula is C14H26N4. The molecule has 18 heavy (non-hydrogen) atoms. The van der Waals surface area contributed by atoms with Gasteiger partial charge in [0.05, 0.1) is 0 Å². The van der Waals surface area contributed by atoms with E-state index in [2.05, 4.69) is 56.4 Å². The summed E-state index contributed by atoms with van der Waals surface area (Å²) in [6.45, 7) is 14.8. The Morgan fingerprint density at radius 2 is 1.89 bits per heavy atom. The van der Waals surface area contributed by atoms with E-state index in [4.69, 9.17) is 5.73 Å². The Hall–Kier alpha value is -1.32. The summed E-state index contributed by atoms with van der Waals surface area (Å²) in [5.74, 6) is 2.88. The molecule has 0 saturated heterocycles. The summed E-state index contributed by atoms with van der Waals surface area (Å²) in [4.78, 5) is 11.3. The topological polar surface area (TPSA) is 55.0 Å². The molecule has 1 aromatic rings. The normalized spacial score (nSPS) is 11.9. The van der Waals surface area contributed by atoms with Gasteiger partial charge in [0, 0.05) is 24.6 Å². The molecule has 102 valence electrons. The Kier molecular flexibility index (Phi) is 4.54. The zero-order valence-corrected chi connectivity index (χ0v) is 12.5. The first kappa shape index (κ1) is 14.7. The third-order valence-corrected chi connectivity index (χ3v) is 2.69. The second-order valence-corrected chi connectivity index (χ2v) is 6.16. The smallest absolute Gasteiger partial charge is 0.138 e. The molecule has 0 fully saturated rings. The van der Waals surface area contributed by atoms with Crippen molar-refractivity contribution >= 4 is 11.6 Å². The predicted octanol–water partition coefficient (Wildman–Crippen LogP) is 2.84. The summed E-state index contributed by atoms with van der Waals surface area (Å²) in [7, 11) is 0. The van der Waals surface area contributed by atoms with Crippen LogP contribution >= 0.6 is 0 Å². The van der Waals surface area contributed by atoms with E-state index in [0.29, 0.717) is 11.7 Å². The molecule has 0 radical (unpaired) electrons. The molecule has 0 aromatic carbocycles. The minimum Gasteiger partial charge on any atom is -0.384 e. The van der Waals surface area contributed by atoms with Crippen molar-refractivity contribution in [3.05, 3.63) is 11.9 Å². The molecule has 0 saturated carbocycles. The highest BCUT2D eigenvalue weighted by molar-refractivity contribution is 5.47. The molecule has 4 nitrogen and oxygen atoms in total. The fraction of sp³-hybridized carbons (Fsp3) is 0.714. The van der Waals surface area contributed by atoms with E-state index >= 15 is 0 Å². The lowest BCUT2D eigenvalue weighted by molar-refractivity contribution is 0.542. The first-order valence-corrected chi connectivity index (χ1v) is 6.64. The van der Waals surface area contributed by atoms with Gasteiger partial charge in [0.15, 0.2) is 0 Å². The van der Waals surface area contributed by atoms with Gasteiger partial charge in [-0.15, -0.1) is 0 Å². The van der Waals surface area contributed by atoms with Gasteiger partial charge in [0.2, 0.25) is 0 Å². The van der Waals surface area contributed by atoms with E-state index < -0.39 is 0 Å². The van der Waals surface area contributed by atoms with Crippen LogP contribution in [0, 0.1) is 5.92 Å². The number of nitrogens with two attached hydrogens (primary N) is 1. The van der Waals surface area contributed by atoms with Crippen LogP contribution in [0.3, 0.4) is 0 Å². The number of anilines is 2. The first-order valence-electron chi connectivity index (χ1n) is 6.64. The Balaban J connectivity index is 3.11. The summed E-state index contributed by atoms with van der Waals surface area (Å²) in [5.41, 5.74) is 5.82. The molecule has 0 bridgehead atoms. The highest BCUT2D eigenvalue weighted by Crippen LogP contribution is 2.23. The zero-order valence-electron chi connectivity index (χ0n) is 12.5. The van der Waals surface area contributed by atoms with Crippen molar-refractivity contribution in [3.63, 3.8) is 0 Å². The van der Waals surface area contributed by atoms with Gasteiger partial charge in [-0.2, -0.15) is 0 Å². The van der Waals surface area contributed by atoms with Gasteiger partial charge >= 0.3 is 0 Å². The van der Waals surface area contributed by atoms with Gasteiger partial charge < -0.3 is 10.6 Å². The predicted molar refractivity (Wildman–Crippen MR) is 77.9 cm³/mol. The molecular weight excluding hydrogens is 224 g/mol. The largest absolute Gasteiger partial charge is 0.384 e. The molecule has 0 amide bonds. The standard InChI is InChI=1S/C14H26N4/c1-7-18(9-10(2)3)12-8-11(15)16-13(17-12)14(4,5)6/h8,10H,7,9H2,1-6H3,(H2,15,16,17). The fourth-order valence-electron chi connectivity index (χ4n) is 1.78. The maximum atomic E-state index is 5.90. The molecule has 0 aliphatic rings. The highest BCUT2D eigenvalue weighted by atomic mass is 15.2. The van der Waals surface area contributed by atoms with Crippen LogP contribution in [-0.4, -0.2) is 23.1 Å². The second-order valence-electron chi connectivity index (χ2n) is 6.16. The van der Waals surface area contributed by atoms with Crippen LogP contribution in [0.15, 0.2) is 6.07 Å². The number of nitrogens with zero attached hydrogens (tertiary/aromatic N) is 3. The zero-order chi connectivity index (χ0) is 13.9. The summed E-state index contributed by atoms with van der Waals surface area (Å²) in [5, 5.41) is 0. The Labute approximate surface area is 111 Å². The number of nitrogen functional groups attached to an aromatic ring is 1. The van der Waals surface area contributed by atoms with Gasteiger partial charge in [-0.25, -0.2) is 9.97 Å². The quantitative estimate of drug-likeness (QED) is 0.892. The number of rotatable bonds is 4. The average Bonchev–Trinajstić information content (AvgIpc) is 2.23. The number of hydrogen-bond acceptors (Lipinski definition) is 4. The van der Waals surface area contributed by atoms with Crippen LogP contribution in [0.1, 0.15) is 47.4 Å². The van der Waals surface area contributed by atoms with Crippen molar-refractivity contribution in [2.45, 2.75) is 47.0 Å². The lowest BCUT2D eigenvalue weighted by Gasteiger charge is -2.26. The Bertz CT molecular complexity index is 393.